The fourth-order valence-corrected chi connectivity index (χ4v) is 3.83. The predicted octanol–water partition coefficient (Wildman–Crippen LogP) is 4.93. The molecule has 0 aromatic heterocycles. The van der Waals surface area contributed by atoms with Gasteiger partial charge in [-0.1, -0.05) is 109 Å². The van der Waals surface area contributed by atoms with Crippen LogP contribution >= 0.6 is 0 Å². The first-order valence-corrected chi connectivity index (χ1v) is 11.6. The fourth-order valence-electron chi connectivity index (χ4n) is 3.83. The van der Waals surface area contributed by atoms with Crippen LogP contribution in [0.5, 0.6) is 0 Å². The lowest BCUT2D eigenvalue weighted by atomic mass is 9.79. The van der Waals surface area contributed by atoms with Crippen molar-refractivity contribution < 1.29 is 39.6 Å². The molecule has 0 atom stereocenters. The summed E-state index contributed by atoms with van der Waals surface area (Å²) in [7, 11) is 0. The third-order valence-corrected chi connectivity index (χ3v) is 6.31. The molecule has 194 valence electrons. The zero-order chi connectivity index (χ0) is 27.8. The highest BCUT2D eigenvalue weighted by molar-refractivity contribution is 6.02. The summed E-state index contributed by atoms with van der Waals surface area (Å²) in [5.41, 5.74) is -0.0727. The molecule has 0 saturated heterocycles. The number of carboxylic acids is 4. The maximum absolute atomic E-state index is 11.1. The molecule has 0 heterocycles. The molecule has 4 rings (SSSR count). The largest absolute Gasteiger partial charge is 0.480 e. The molecule has 2 aliphatic rings. The molecule has 2 aromatic rings. The molecular formula is C30H26O8. The van der Waals surface area contributed by atoms with Gasteiger partial charge in [0.05, 0.1) is 0 Å². The second-order valence-corrected chi connectivity index (χ2v) is 8.71. The second kappa shape index (κ2) is 11.8. The van der Waals surface area contributed by atoms with Crippen molar-refractivity contribution in [2.24, 2.45) is 10.8 Å². The van der Waals surface area contributed by atoms with E-state index in [2.05, 4.69) is 0 Å². The summed E-state index contributed by atoms with van der Waals surface area (Å²) in [5.74, 6) is -5.36. The highest BCUT2D eigenvalue weighted by Crippen LogP contribution is 2.34. The van der Waals surface area contributed by atoms with Gasteiger partial charge in [0.2, 0.25) is 0 Å². The Hall–Kier alpha value is -4.98. The smallest absolute Gasteiger partial charge is 0.325 e. The molecule has 0 amide bonds. The Kier molecular flexibility index (Phi) is 8.60. The van der Waals surface area contributed by atoms with Crippen LogP contribution in [0.1, 0.15) is 24.0 Å². The van der Waals surface area contributed by atoms with E-state index in [9.17, 15) is 19.2 Å². The molecule has 8 nitrogen and oxygen atoms in total. The summed E-state index contributed by atoms with van der Waals surface area (Å²) in [6, 6.07) is 19.1. The third kappa shape index (κ3) is 6.04. The van der Waals surface area contributed by atoms with Gasteiger partial charge in [0.1, 0.15) is 0 Å². The Morgan fingerprint density at radius 3 is 1.50 bits per heavy atom. The number of benzene rings is 2. The van der Waals surface area contributed by atoms with Crippen LogP contribution < -0.4 is 0 Å². The first kappa shape index (κ1) is 27.6. The number of carbonyl (C=O) groups is 4. The van der Waals surface area contributed by atoms with Crippen molar-refractivity contribution >= 4 is 35.5 Å². The molecular weight excluding hydrogens is 488 g/mol. The molecule has 0 bridgehead atoms. The molecule has 0 saturated carbocycles. The van der Waals surface area contributed by atoms with Gasteiger partial charge in [-0.3, -0.25) is 19.2 Å². The minimum atomic E-state index is -1.84. The zero-order valence-corrected chi connectivity index (χ0v) is 20.2. The highest BCUT2D eigenvalue weighted by atomic mass is 16.4. The fraction of sp³-hybridized carbons (Fsp3) is 0.133. The summed E-state index contributed by atoms with van der Waals surface area (Å²) in [6.07, 6.45) is 12.5. The lowest BCUT2D eigenvalue weighted by Crippen LogP contribution is -2.38. The summed E-state index contributed by atoms with van der Waals surface area (Å²) in [4.78, 5) is 44.4. The topological polar surface area (TPSA) is 149 Å². The van der Waals surface area contributed by atoms with Crippen molar-refractivity contribution in [3.63, 3.8) is 0 Å². The van der Waals surface area contributed by atoms with Crippen LogP contribution in [0.25, 0.3) is 11.6 Å². The van der Waals surface area contributed by atoms with E-state index < -0.39 is 34.7 Å². The van der Waals surface area contributed by atoms with E-state index in [1.54, 1.807) is 18.2 Å². The van der Waals surface area contributed by atoms with E-state index in [-0.39, 0.29) is 12.8 Å². The number of hydrogen-bond acceptors (Lipinski definition) is 4. The first-order valence-electron chi connectivity index (χ1n) is 11.6. The van der Waals surface area contributed by atoms with Crippen molar-refractivity contribution in [2.45, 2.75) is 12.8 Å². The van der Waals surface area contributed by atoms with Crippen molar-refractivity contribution in [1.29, 1.82) is 0 Å². The average Bonchev–Trinajstić information content (AvgIpc) is 2.93. The van der Waals surface area contributed by atoms with E-state index in [0.29, 0.717) is 0 Å². The number of carboxylic acid groups (broad SMARTS) is 4. The molecule has 4 N–H and O–H groups in total. The molecule has 0 aliphatic heterocycles. The van der Waals surface area contributed by atoms with Crippen molar-refractivity contribution in [3.05, 3.63) is 120 Å². The van der Waals surface area contributed by atoms with Gasteiger partial charge in [-0.25, -0.2) is 0 Å². The number of allylic oxidation sites excluding steroid dienone is 7. The minimum absolute atomic E-state index is 0.0433. The highest BCUT2D eigenvalue weighted by Gasteiger charge is 2.45. The molecule has 0 fully saturated rings. The van der Waals surface area contributed by atoms with Gasteiger partial charge < -0.3 is 20.4 Å². The van der Waals surface area contributed by atoms with Gasteiger partial charge in [0.25, 0.3) is 0 Å². The maximum atomic E-state index is 11.1. The van der Waals surface area contributed by atoms with E-state index in [0.717, 1.165) is 22.3 Å². The van der Waals surface area contributed by atoms with Crippen LogP contribution in [0.15, 0.2) is 109 Å². The monoisotopic (exact) mass is 514 g/mol. The Labute approximate surface area is 218 Å². The number of aliphatic carboxylic acids is 4. The van der Waals surface area contributed by atoms with Crippen LogP contribution in [0.3, 0.4) is 0 Å². The van der Waals surface area contributed by atoms with Crippen molar-refractivity contribution in [2.75, 3.05) is 0 Å². The third-order valence-electron chi connectivity index (χ3n) is 6.31. The molecule has 0 radical (unpaired) electrons. The normalized spacial score (nSPS) is 16.9. The van der Waals surface area contributed by atoms with Crippen LogP contribution in [-0.2, 0) is 19.2 Å². The molecule has 0 unspecified atom stereocenters. The lowest BCUT2D eigenvalue weighted by molar-refractivity contribution is -0.162. The Morgan fingerprint density at radius 2 is 1.08 bits per heavy atom. The van der Waals surface area contributed by atoms with Crippen molar-refractivity contribution in [3.8, 4) is 0 Å². The van der Waals surface area contributed by atoms with Crippen molar-refractivity contribution in [1.82, 2.24) is 0 Å². The van der Waals surface area contributed by atoms with E-state index in [1.807, 2.05) is 72.8 Å². The molecule has 0 spiro atoms. The summed E-state index contributed by atoms with van der Waals surface area (Å²) in [6.45, 7) is 0. The van der Waals surface area contributed by atoms with E-state index in [1.165, 1.54) is 18.2 Å². The molecule has 8 heteroatoms. The quantitative estimate of drug-likeness (QED) is 0.380. The Balaban J connectivity index is 0.000000212. The van der Waals surface area contributed by atoms with Crippen LogP contribution in [0.4, 0.5) is 0 Å². The van der Waals surface area contributed by atoms with Gasteiger partial charge in [0.15, 0.2) is 10.8 Å². The summed E-state index contributed by atoms with van der Waals surface area (Å²) >= 11 is 0. The van der Waals surface area contributed by atoms with Gasteiger partial charge in [-0.05, 0) is 35.1 Å². The second-order valence-electron chi connectivity index (χ2n) is 8.71. The minimum Gasteiger partial charge on any atom is -0.480 e. The zero-order valence-electron chi connectivity index (χ0n) is 20.2. The van der Waals surface area contributed by atoms with Gasteiger partial charge in [-0.2, -0.15) is 0 Å². The summed E-state index contributed by atoms with van der Waals surface area (Å²) in [5, 5.41) is 36.3. The van der Waals surface area contributed by atoms with Crippen LogP contribution in [-0.4, -0.2) is 44.3 Å². The average molecular weight is 515 g/mol. The van der Waals surface area contributed by atoms with Crippen LogP contribution in [0.2, 0.25) is 0 Å². The molecule has 2 aliphatic carbocycles. The van der Waals surface area contributed by atoms with Crippen LogP contribution in [0, 0.1) is 10.8 Å². The summed E-state index contributed by atoms with van der Waals surface area (Å²) < 4.78 is 0. The lowest BCUT2D eigenvalue weighted by Gasteiger charge is -2.23. The Bertz CT molecular complexity index is 1330. The van der Waals surface area contributed by atoms with Gasteiger partial charge in [0, 0.05) is 0 Å². The van der Waals surface area contributed by atoms with Gasteiger partial charge in [-0.15, -0.1) is 0 Å². The molecule has 38 heavy (non-hydrogen) atoms. The van der Waals surface area contributed by atoms with E-state index in [4.69, 9.17) is 20.4 Å². The van der Waals surface area contributed by atoms with E-state index >= 15 is 0 Å². The molecule has 2 aromatic carbocycles. The maximum Gasteiger partial charge on any atom is 0.325 e. The SMILES string of the molecule is O=C(O)C1(C(=O)O)C=CC(C=Cc2ccccc2)=CC1.O=C(O)C1(C(=O)O)C=CC(c2ccccc2)=CC1. The Morgan fingerprint density at radius 1 is 0.605 bits per heavy atom. The standard InChI is InChI=1S/C16H14O4.C14H12O4/c17-14(18)16(15(19)20)10-8-13(9-11-16)7-6-12-4-2-1-3-5-12;15-12(16)14(13(17)18)8-6-11(7-9-14)10-4-2-1-3-5-10/h1-10H,11H2,(H,17,18)(H,19,20);1-8H,9H2,(H,15,16)(H,17,18). The van der Waals surface area contributed by atoms with Gasteiger partial charge >= 0.3 is 23.9 Å². The first-order chi connectivity index (χ1) is 18.1. The number of rotatable bonds is 7. The number of hydrogen-bond donors (Lipinski definition) is 4. The predicted molar refractivity (Wildman–Crippen MR) is 141 cm³/mol.